The molecule has 0 spiro atoms. The van der Waals surface area contributed by atoms with Crippen molar-refractivity contribution in [2.24, 2.45) is 0 Å². The summed E-state index contributed by atoms with van der Waals surface area (Å²) in [5.41, 5.74) is 0. The fourth-order valence-corrected chi connectivity index (χ4v) is 3.07. The predicted octanol–water partition coefficient (Wildman–Crippen LogP) is 2.96. The van der Waals surface area contributed by atoms with Crippen LogP contribution in [0.3, 0.4) is 0 Å². The van der Waals surface area contributed by atoms with Gasteiger partial charge in [0.2, 0.25) is 0 Å². The zero-order valence-corrected chi connectivity index (χ0v) is 15.8. The Bertz CT molecular complexity index is 334. The Kier molecular flexibility index (Phi) is 13.3. The Hall–Kier alpha value is -0.460. The van der Waals surface area contributed by atoms with Gasteiger partial charge >= 0.3 is 0 Å². The van der Waals surface area contributed by atoms with Crippen LogP contribution in [-0.2, 0) is 9.47 Å². The SMILES string of the molecule is CCCC/C=C/CCCCCCCCO[C@@H]1CO[C@@H]([C@@H](O)CO)[C@H]1O. The molecule has 3 N–H and O–H groups in total. The van der Waals surface area contributed by atoms with Gasteiger partial charge in [-0.1, -0.05) is 57.6 Å². The predicted molar refractivity (Wildman–Crippen MR) is 99.6 cm³/mol. The van der Waals surface area contributed by atoms with Gasteiger partial charge in [-0.15, -0.1) is 0 Å². The Balaban J connectivity index is 1.90. The normalized spacial score (nSPS) is 25.0. The lowest BCUT2D eigenvalue weighted by Gasteiger charge is -2.20. The summed E-state index contributed by atoms with van der Waals surface area (Å²) < 4.78 is 11.0. The van der Waals surface area contributed by atoms with E-state index in [9.17, 15) is 10.2 Å². The van der Waals surface area contributed by atoms with E-state index in [4.69, 9.17) is 14.6 Å². The number of hydrogen-bond donors (Lipinski definition) is 3. The fourth-order valence-electron chi connectivity index (χ4n) is 3.07. The zero-order chi connectivity index (χ0) is 18.3. The van der Waals surface area contributed by atoms with Crippen molar-refractivity contribution in [2.45, 2.75) is 95.5 Å². The lowest BCUT2D eigenvalue weighted by Crippen LogP contribution is -2.41. The first-order chi connectivity index (χ1) is 12.2. The van der Waals surface area contributed by atoms with Crippen molar-refractivity contribution in [2.75, 3.05) is 19.8 Å². The molecule has 5 heteroatoms. The monoisotopic (exact) mass is 358 g/mol. The zero-order valence-electron chi connectivity index (χ0n) is 15.8. The lowest BCUT2D eigenvalue weighted by molar-refractivity contribution is -0.0730. The van der Waals surface area contributed by atoms with Gasteiger partial charge in [0.15, 0.2) is 0 Å². The average Bonchev–Trinajstić information content (AvgIpc) is 2.99. The third-order valence-corrected chi connectivity index (χ3v) is 4.72. The fraction of sp³-hybridized carbons (Fsp3) is 0.900. The van der Waals surface area contributed by atoms with Gasteiger partial charge in [0, 0.05) is 6.61 Å². The highest BCUT2D eigenvalue weighted by molar-refractivity contribution is 4.88. The van der Waals surface area contributed by atoms with Gasteiger partial charge in [-0.25, -0.2) is 0 Å². The smallest absolute Gasteiger partial charge is 0.114 e. The molecule has 148 valence electrons. The summed E-state index contributed by atoms with van der Waals surface area (Å²) in [6, 6.07) is 0. The lowest BCUT2D eigenvalue weighted by atomic mass is 10.1. The number of aliphatic hydroxyl groups excluding tert-OH is 3. The van der Waals surface area contributed by atoms with E-state index >= 15 is 0 Å². The molecule has 4 atom stereocenters. The second-order valence-corrected chi connectivity index (χ2v) is 6.97. The second kappa shape index (κ2) is 14.7. The maximum Gasteiger partial charge on any atom is 0.114 e. The molecule has 5 nitrogen and oxygen atoms in total. The molecule has 0 amide bonds. The molecule has 25 heavy (non-hydrogen) atoms. The summed E-state index contributed by atoms with van der Waals surface area (Å²) in [6.07, 6.45) is 13.7. The second-order valence-electron chi connectivity index (χ2n) is 6.97. The Labute approximate surface area is 153 Å². The Morgan fingerprint density at radius 1 is 1.04 bits per heavy atom. The molecule has 0 aromatic heterocycles. The van der Waals surface area contributed by atoms with Crippen LogP contribution in [0.5, 0.6) is 0 Å². The van der Waals surface area contributed by atoms with Crippen molar-refractivity contribution >= 4 is 0 Å². The maximum absolute atomic E-state index is 10.0. The van der Waals surface area contributed by atoms with Crippen LogP contribution >= 0.6 is 0 Å². The van der Waals surface area contributed by atoms with E-state index in [0.717, 1.165) is 12.8 Å². The van der Waals surface area contributed by atoms with Crippen LogP contribution < -0.4 is 0 Å². The van der Waals surface area contributed by atoms with Crippen LogP contribution in [0.2, 0.25) is 0 Å². The molecule has 0 unspecified atom stereocenters. The molecule has 1 heterocycles. The van der Waals surface area contributed by atoms with Crippen LogP contribution in [0.15, 0.2) is 12.2 Å². The third-order valence-electron chi connectivity index (χ3n) is 4.72. The minimum Gasteiger partial charge on any atom is -0.394 e. The van der Waals surface area contributed by atoms with E-state index in [1.807, 2.05) is 0 Å². The van der Waals surface area contributed by atoms with Gasteiger partial charge in [-0.3, -0.25) is 0 Å². The molecule has 0 aromatic rings. The van der Waals surface area contributed by atoms with E-state index in [2.05, 4.69) is 19.1 Å². The highest BCUT2D eigenvalue weighted by Crippen LogP contribution is 2.20. The number of ether oxygens (including phenoxy) is 2. The van der Waals surface area contributed by atoms with Crippen molar-refractivity contribution in [3.05, 3.63) is 12.2 Å². The maximum atomic E-state index is 10.0. The first kappa shape index (κ1) is 22.6. The summed E-state index contributed by atoms with van der Waals surface area (Å²) >= 11 is 0. The molecule has 1 aliphatic rings. The number of unbranched alkanes of at least 4 members (excludes halogenated alkanes) is 8. The molecular formula is C20H38O5. The van der Waals surface area contributed by atoms with Crippen molar-refractivity contribution < 1.29 is 24.8 Å². The van der Waals surface area contributed by atoms with Gasteiger partial charge < -0.3 is 24.8 Å². The largest absolute Gasteiger partial charge is 0.394 e. The summed E-state index contributed by atoms with van der Waals surface area (Å²) in [5, 5.41) is 28.5. The van der Waals surface area contributed by atoms with E-state index in [-0.39, 0.29) is 6.61 Å². The van der Waals surface area contributed by atoms with Gasteiger partial charge in [0.05, 0.1) is 13.2 Å². The standard InChI is InChI=1S/C20H38O5/c1-2-3-4-5-6-7-8-9-10-11-12-13-14-24-18-16-25-20(19(18)23)17(22)15-21/h5-6,17-23H,2-4,7-16H2,1H3/b6-5+/t17-,18+,19-,20-/m0/s1. The number of aliphatic hydroxyl groups is 3. The number of hydrogen-bond acceptors (Lipinski definition) is 5. The van der Waals surface area contributed by atoms with Gasteiger partial charge in [0.1, 0.15) is 24.4 Å². The molecule has 0 aromatic carbocycles. The van der Waals surface area contributed by atoms with Crippen molar-refractivity contribution in [1.82, 2.24) is 0 Å². The van der Waals surface area contributed by atoms with E-state index in [1.54, 1.807) is 0 Å². The van der Waals surface area contributed by atoms with Crippen molar-refractivity contribution in [3.8, 4) is 0 Å². The molecule has 1 fully saturated rings. The van der Waals surface area contributed by atoms with Crippen molar-refractivity contribution in [3.63, 3.8) is 0 Å². The summed E-state index contributed by atoms with van der Waals surface area (Å²) in [5.74, 6) is 0. The minimum absolute atomic E-state index is 0.272. The highest BCUT2D eigenvalue weighted by atomic mass is 16.6. The minimum atomic E-state index is -1.05. The van der Waals surface area contributed by atoms with Crippen LogP contribution in [0.4, 0.5) is 0 Å². The Morgan fingerprint density at radius 2 is 1.68 bits per heavy atom. The first-order valence-corrected chi connectivity index (χ1v) is 10.1. The molecular weight excluding hydrogens is 320 g/mol. The number of allylic oxidation sites excluding steroid dienone is 2. The summed E-state index contributed by atoms with van der Waals surface area (Å²) in [7, 11) is 0. The van der Waals surface area contributed by atoms with Crippen LogP contribution in [-0.4, -0.2) is 59.6 Å². The highest BCUT2D eigenvalue weighted by Gasteiger charge is 2.40. The van der Waals surface area contributed by atoms with Gasteiger partial charge in [0.25, 0.3) is 0 Å². The van der Waals surface area contributed by atoms with E-state index in [1.165, 1.54) is 51.4 Å². The molecule has 1 rings (SSSR count). The van der Waals surface area contributed by atoms with Gasteiger partial charge in [-0.2, -0.15) is 0 Å². The van der Waals surface area contributed by atoms with Crippen LogP contribution in [0, 0.1) is 0 Å². The molecule has 0 saturated carbocycles. The summed E-state index contributed by atoms with van der Waals surface area (Å²) in [6.45, 7) is 2.69. The van der Waals surface area contributed by atoms with Crippen molar-refractivity contribution in [1.29, 1.82) is 0 Å². The average molecular weight is 359 g/mol. The Morgan fingerprint density at radius 3 is 2.36 bits per heavy atom. The number of rotatable bonds is 15. The molecule has 0 radical (unpaired) electrons. The molecule has 0 bridgehead atoms. The first-order valence-electron chi connectivity index (χ1n) is 10.1. The molecule has 0 aliphatic carbocycles. The molecule has 1 aliphatic heterocycles. The van der Waals surface area contributed by atoms with Gasteiger partial charge in [-0.05, 0) is 25.7 Å². The van der Waals surface area contributed by atoms with E-state index < -0.39 is 31.0 Å². The third kappa shape index (κ3) is 9.71. The molecule has 1 saturated heterocycles. The summed E-state index contributed by atoms with van der Waals surface area (Å²) in [4.78, 5) is 0. The van der Waals surface area contributed by atoms with Crippen LogP contribution in [0.25, 0.3) is 0 Å². The van der Waals surface area contributed by atoms with E-state index in [0.29, 0.717) is 6.61 Å². The topological polar surface area (TPSA) is 79.2 Å². The quantitative estimate of drug-likeness (QED) is 0.310. The van der Waals surface area contributed by atoms with Crippen LogP contribution in [0.1, 0.15) is 71.1 Å².